The molecule has 0 fully saturated rings. The number of carbonyl (C=O) groups excluding carboxylic acids is 2. The van der Waals surface area contributed by atoms with Gasteiger partial charge in [0, 0.05) is 23.4 Å². The average Bonchev–Trinajstić information content (AvgIpc) is 2.75. The number of nitrogens with one attached hydrogen (secondary N) is 2. The molecule has 3 aromatic rings. The van der Waals surface area contributed by atoms with Gasteiger partial charge in [0.1, 0.15) is 6.04 Å². The van der Waals surface area contributed by atoms with Gasteiger partial charge in [-0.2, -0.15) is 0 Å². The van der Waals surface area contributed by atoms with Gasteiger partial charge < -0.3 is 21.5 Å². The van der Waals surface area contributed by atoms with Gasteiger partial charge >= 0.3 is 5.97 Å². The van der Waals surface area contributed by atoms with Crippen LogP contribution in [-0.4, -0.2) is 28.9 Å². The van der Waals surface area contributed by atoms with Crippen LogP contribution < -0.4 is 16.4 Å². The van der Waals surface area contributed by atoms with E-state index >= 15 is 0 Å². The first-order chi connectivity index (χ1) is 14.4. The van der Waals surface area contributed by atoms with Crippen LogP contribution in [0.1, 0.15) is 26.3 Å². The maximum absolute atomic E-state index is 12.9. The van der Waals surface area contributed by atoms with Crippen molar-refractivity contribution in [2.24, 2.45) is 0 Å². The summed E-state index contributed by atoms with van der Waals surface area (Å²) in [7, 11) is 0. The Bertz CT molecular complexity index is 1030. The lowest BCUT2D eigenvalue weighted by Crippen LogP contribution is -2.45. The highest BCUT2D eigenvalue weighted by Crippen LogP contribution is 2.13. The van der Waals surface area contributed by atoms with Crippen LogP contribution in [0.3, 0.4) is 0 Å². The molecule has 0 aliphatic heterocycles. The van der Waals surface area contributed by atoms with Crippen LogP contribution in [0.25, 0.3) is 0 Å². The van der Waals surface area contributed by atoms with Gasteiger partial charge in [-0.3, -0.25) is 9.59 Å². The Labute approximate surface area is 173 Å². The highest BCUT2D eigenvalue weighted by Gasteiger charge is 2.22. The van der Waals surface area contributed by atoms with Gasteiger partial charge in [-0.1, -0.05) is 30.3 Å². The van der Waals surface area contributed by atoms with Crippen molar-refractivity contribution in [1.29, 1.82) is 0 Å². The largest absolute Gasteiger partial charge is 0.478 e. The predicted octanol–water partition coefficient (Wildman–Crippen LogP) is 2.95. The van der Waals surface area contributed by atoms with Gasteiger partial charge in [-0.25, -0.2) is 4.79 Å². The van der Waals surface area contributed by atoms with E-state index in [1.807, 2.05) is 30.3 Å². The van der Waals surface area contributed by atoms with E-state index in [9.17, 15) is 14.4 Å². The van der Waals surface area contributed by atoms with Crippen molar-refractivity contribution in [1.82, 2.24) is 5.32 Å². The number of rotatable bonds is 7. The summed E-state index contributed by atoms with van der Waals surface area (Å²) in [6.45, 7) is 0. The van der Waals surface area contributed by atoms with Crippen LogP contribution in [0.4, 0.5) is 11.4 Å². The van der Waals surface area contributed by atoms with Crippen molar-refractivity contribution in [3.63, 3.8) is 0 Å². The molecule has 1 atom stereocenters. The van der Waals surface area contributed by atoms with E-state index in [1.165, 1.54) is 24.3 Å². The molecule has 0 spiro atoms. The van der Waals surface area contributed by atoms with Crippen molar-refractivity contribution >= 4 is 29.2 Å². The Balaban J connectivity index is 1.77. The summed E-state index contributed by atoms with van der Waals surface area (Å²) in [6.07, 6.45) is 0.292. The molecule has 0 bridgehead atoms. The average molecular weight is 403 g/mol. The minimum absolute atomic E-state index is 0.0773. The third-order valence-corrected chi connectivity index (χ3v) is 4.48. The monoisotopic (exact) mass is 403 g/mol. The van der Waals surface area contributed by atoms with E-state index < -0.39 is 17.9 Å². The Morgan fingerprint density at radius 1 is 0.833 bits per heavy atom. The Hall–Kier alpha value is -4.13. The van der Waals surface area contributed by atoms with Crippen molar-refractivity contribution < 1.29 is 19.5 Å². The van der Waals surface area contributed by atoms with Crippen LogP contribution in [0.15, 0.2) is 78.9 Å². The summed E-state index contributed by atoms with van der Waals surface area (Å²) in [5.41, 5.74) is 8.04. The number of hydrogen-bond acceptors (Lipinski definition) is 4. The summed E-state index contributed by atoms with van der Waals surface area (Å²) in [6, 6.07) is 20.7. The lowest BCUT2D eigenvalue weighted by atomic mass is 10.0. The summed E-state index contributed by atoms with van der Waals surface area (Å²) in [5, 5.41) is 14.5. The van der Waals surface area contributed by atoms with Crippen LogP contribution in [0.2, 0.25) is 0 Å². The van der Waals surface area contributed by atoms with E-state index in [0.717, 1.165) is 5.56 Å². The fourth-order valence-corrected chi connectivity index (χ4v) is 2.86. The highest BCUT2D eigenvalue weighted by atomic mass is 16.4. The van der Waals surface area contributed by atoms with E-state index in [-0.39, 0.29) is 17.0 Å². The van der Waals surface area contributed by atoms with Gasteiger partial charge in [0.05, 0.1) is 5.56 Å². The maximum atomic E-state index is 12.9. The van der Waals surface area contributed by atoms with Gasteiger partial charge in [0.2, 0.25) is 5.91 Å². The molecular weight excluding hydrogens is 382 g/mol. The molecule has 0 saturated carbocycles. The van der Waals surface area contributed by atoms with Crippen molar-refractivity contribution in [3.05, 3.63) is 95.6 Å². The highest BCUT2D eigenvalue weighted by molar-refractivity contribution is 6.01. The lowest BCUT2D eigenvalue weighted by Gasteiger charge is -2.19. The predicted molar refractivity (Wildman–Crippen MR) is 114 cm³/mol. The van der Waals surface area contributed by atoms with Crippen molar-refractivity contribution in [3.8, 4) is 0 Å². The molecule has 7 heteroatoms. The second-order valence-corrected chi connectivity index (χ2v) is 6.71. The molecule has 0 saturated heterocycles. The Kier molecular flexibility index (Phi) is 6.44. The fraction of sp³-hybridized carbons (Fsp3) is 0.0870. The molecule has 0 aromatic heterocycles. The molecular formula is C23H21N3O4. The molecule has 5 N–H and O–H groups in total. The summed E-state index contributed by atoms with van der Waals surface area (Å²) < 4.78 is 0. The minimum Gasteiger partial charge on any atom is -0.478 e. The van der Waals surface area contributed by atoms with Gasteiger partial charge in [-0.05, 0) is 54.1 Å². The topological polar surface area (TPSA) is 122 Å². The summed E-state index contributed by atoms with van der Waals surface area (Å²) in [4.78, 5) is 36.5. The first kappa shape index (κ1) is 20.6. The SMILES string of the molecule is Nc1ccc(NC(=O)[C@@H](Cc2ccccc2)NC(=O)c2ccc(C(=O)O)cc2)cc1. The maximum Gasteiger partial charge on any atom is 0.335 e. The molecule has 0 aliphatic rings. The normalized spacial score (nSPS) is 11.3. The quantitative estimate of drug-likeness (QED) is 0.452. The molecule has 7 nitrogen and oxygen atoms in total. The van der Waals surface area contributed by atoms with Crippen molar-refractivity contribution in [2.75, 3.05) is 11.1 Å². The van der Waals surface area contributed by atoms with Crippen molar-refractivity contribution in [2.45, 2.75) is 12.5 Å². The number of hydrogen-bond donors (Lipinski definition) is 4. The first-order valence-electron chi connectivity index (χ1n) is 9.27. The van der Waals surface area contributed by atoms with E-state index in [2.05, 4.69) is 10.6 Å². The number of carbonyl (C=O) groups is 3. The van der Waals surface area contributed by atoms with Crippen LogP contribution in [-0.2, 0) is 11.2 Å². The van der Waals surface area contributed by atoms with Crippen LogP contribution in [0.5, 0.6) is 0 Å². The zero-order valence-electron chi connectivity index (χ0n) is 16.0. The van der Waals surface area contributed by atoms with Crippen LogP contribution in [0, 0.1) is 0 Å². The standard InChI is InChI=1S/C23H21N3O4/c24-18-10-12-19(13-11-18)25-22(28)20(14-15-4-2-1-3-5-15)26-21(27)16-6-8-17(9-7-16)23(29)30/h1-13,20H,14,24H2,(H,25,28)(H,26,27)(H,29,30)/t20-/m1/s1. The molecule has 0 aliphatic carbocycles. The molecule has 3 aromatic carbocycles. The van der Waals surface area contributed by atoms with E-state index in [1.54, 1.807) is 24.3 Å². The molecule has 30 heavy (non-hydrogen) atoms. The number of nitrogens with two attached hydrogens (primary N) is 1. The zero-order chi connectivity index (χ0) is 21.5. The Morgan fingerprint density at radius 3 is 2.03 bits per heavy atom. The number of anilines is 2. The van der Waals surface area contributed by atoms with Gasteiger partial charge in [0.15, 0.2) is 0 Å². The smallest absolute Gasteiger partial charge is 0.335 e. The number of carboxylic acid groups (broad SMARTS) is 1. The molecule has 0 heterocycles. The summed E-state index contributed by atoms with van der Waals surface area (Å²) in [5.74, 6) is -1.92. The van der Waals surface area contributed by atoms with E-state index in [4.69, 9.17) is 10.8 Å². The van der Waals surface area contributed by atoms with Crippen LogP contribution >= 0.6 is 0 Å². The minimum atomic E-state index is -1.08. The number of benzene rings is 3. The summed E-state index contributed by atoms with van der Waals surface area (Å²) >= 11 is 0. The number of nitrogen functional groups attached to an aromatic ring is 1. The molecule has 2 amide bonds. The van der Waals surface area contributed by atoms with Gasteiger partial charge in [0.25, 0.3) is 5.91 Å². The molecule has 152 valence electrons. The number of carboxylic acids is 1. The third kappa shape index (κ3) is 5.45. The third-order valence-electron chi connectivity index (χ3n) is 4.48. The molecule has 3 rings (SSSR count). The second kappa shape index (κ2) is 9.38. The number of aromatic carboxylic acids is 1. The van der Waals surface area contributed by atoms with E-state index in [0.29, 0.717) is 17.8 Å². The lowest BCUT2D eigenvalue weighted by molar-refractivity contribution is -0.118. The molecule has 0 unspecified atom stereocenters. The number of amides is 2. The zero-order valence-corrected chi connectivity index (χ0v) is 16.0. The fourth-order valence-electron chi connectivity index (χ4n) is 2.86. The first-order valence-corrected chi connectivity index (χ1v) is 9.27. The second-order valence-electron chi connectivity index (χ2n) is 6.71. The van der Waals surface area contributed by atoms with Gasteiger partial charge in [-0.15, -0.1) is 0 Å². The molecule has 0 radical (unpaired) electrons. The Morgan fingerprint density at radius 2 is 1.43 bits per heavy atom.